The fourth-order valence-corrected chi connectivity index (χ4v) is 4.21. The normalized spacial score (nSPS) is 12.4. The summed E-state index contributed by atoms with van der Waals surface area (Å²) in [6, 6.07) is 8.81. The average Bonchev–Trinajstić information content (AvgIpc) is 2.76. The van der Waals surface area contributed by atoms with E-state index in [4.69, 9.17) is 23.2 Å². The summed E-state index contributed by atoms with van der Waals surface area (Å²) in [5.41, 5.74) is 0.739. The van der Waals surface area contributed by atoms with E-state index < -0.39 is 34.3 Å². The van der Waals surface area contributed by atoms with Gasteiger partial charge in [-0.2, -0.15) is 0 Å². The van der Waals surface area contributed by atoms with Gasteiger partial charge in [-0.25, -0.2) is 12.8 Å². The van der Waals surface area contributed by atoms with Crippen LogP contribution in [0, 0.1) is 11.7 Å². The first-order valence-corrected chi connectivity index (χ1v) is 13.1. The van der Waals surface area contributed by atoms with Gasteiger partial charge in [0.1, 0.15) is 18.4 Å². The van der Waals surface area contributed by atoms with E-state index in [9.17, 15) is 22.4 Å². The first-order chi connectivity index (χ1) is 15.8. The second kappa shape index (κ2) is 11.9. The van der Waals surface area contributed by atoms with Crippen LogP contribution in [0.3, 0.4) is 0 Å². The highest BCUT2D eigenvalue weighted by atomic mass is 35.5. The van der Waals surface area contributed by atoms with Crippen molar-refractivity contribution in [3.8, 4) is 0 Å². The number of halogens is 3. The molecule has 1 N–H and O–H groups in total. The van der Waals surface area contributed by atoms with E-state index in [0.717, 1.165) is 10.6 Å². The Morgan fingerprint density at radius 3 is 2.18 bits per heavy atom. The third-order valence-corrected chi connectivity index (χ3v) is 6.87. The molecule has 0 saturated carbocycles. The van der Waals surface area contributed by atoms with Crippen molar-refractivity contribution in [3.63, 3.8) is 0 Å². The minimum absolute atomic E-state index is 0.0195. The van der Waals surface area contributed by atoms with Gasteiger partial charge < -0.3 is 10.2 Å². The van der Waals surface area contributed by atoms with E-state index in [0.29, 0.717) is 12.1 Å². The van der Waals surface area contributed by atoms with E-state index in [1.54, 1.807) is 6.92 Å². The van der Waals surface area contributed by atoms with Crippen molar-refractivity contribution < 1.29 is 22.4 Å². The first-order valence-electron chi connectivity index (χ1n) is 10.5. The Labute approximate surface area is 209 Å². The van der Waals surface area contributed by atoms with Gasteiger partial charge in [-0.3, -0.25) is 13.9 Å². The standard InChI is InChI=1S/C23H28Cl2FN3O4S/c1-15(2)12-27-23(31)16(3)28(13-17-5-7-18(26)8-6-17)22(30)14-29(34(4,32)33)19-9-10-20(24)21(25)11-19/h5-11,15-16H,12-14H2,1-4H3,(H,27,31)/t16-/m0/s1. The SMILES string of the molecule is CC(C)CNC(=O)[C@H](C)N(Cc1ccc(F)cc1)C(=O)CN(c1ccc(Cl)c(Cl)c1)S(C)(=O)=O. The number of nitrogens with one attached hydrogen (secondary N) is 1. The molecular formula is C23H28Cl2FN3O4S. The highest BCUT2D eigenvalue weighted by Crippen LogP contribution is 2.28. The molecule has 2 amide bonds. The molecule has 0 spiro atoms. The van der Waals surface area contributed by atoms with Gasteiger partial charge in [0, 0.05) is 13.1 Å². The number of amides is 2. The van der Waals surface area contributed by atoms with E-state index in [2.05, 4.69) is 5.32 Å². The Morgan fingerprint density at radius 2 is 1.65 bits per heavy atom. The van der Waals surface area contributed by atoms with Crippen molar-refractivity contribution in [1.29, 1.82) is 0 Å². The maximum absolute atomic E-state index is 13.4. The topological polar surface area (TPSA) is 86.8 Å². The summed E-state index contributed by atoms with van der Waals surface area (Å²) in [6.45, 7) is 5.26. The Hall–Kier alpha value is -2.36. The van der Waals surface area contributed by atoms with E-state index in [1.165, 1.54) is 47.4 Å². The molecule has 0 fully saturated rings. The zero-order valence-corrected chi connectivity index (χ0v) is 21.7. The molecule has 0 bridgehead atoms. The average molecular weight is 532 g/mol. The molecule has 34 heavy (non-hydrogen) atoms. The summed E-state index contributed by atoms with van der Waals surface area (Å²) in [6.07, 6.45) is 0.964. The zero-order chi connectivity index (χ0) is 25.6. The van der Waals surface area contributed by atoms with Gasteiger partial charge in [-0.1, -0.05) is 49.2 Å². The number of hydrogen-bond acceptors (Lipinski definition) is 4. The third kappa shape index (κ3) is 7.85. The van der Waals surface area contributed by atoms with Crippen molar-refractivity contribution in [2.45, 2.75) is 33.4 Å². The maximum Gasteiger partial charge on any atom is 0.244 e. The molecule has 7 nitrogen and oxygen atoms in total. The van der Waals surface area contributed by atoms with E-state index >= 15 is 0 Å². The van der Waals surface area contributed by atoms with Crippen LogP contribution in [0.4, 0.5) is 10.1 Å². The zero-order valence-electron chi connectivity index (χ0n) is 19.4. The summed E-state index contributed by atoms with van der Waals surface area (Å²) in [5, 5.41) is 3.15. The van der Waals surface area contributed by atoms with Gasteiger partial charge in [0.2, 0.25) is 21.8 Å². The molecule has 0 aromatic heterocycles. The lowest BCUT2D eigenvalue weighted by Gasteiger charge is -2.31. The molecule has 1 atom stereocenters. The van der Waals surface area contributed by atoms with E-state index in [-0.39, 0.29) is 34.1 Å². The van der Waals surface area contributed by atoms with Gasteiger partial charge in [0.15, 0.2) is 0 Å². The number of rotatable bonds is 10. The number of hydrogen-bond donors (Lipinski definition) is 1. The van der Waals surface area contributed by atoms with Crippen LogP contribution in [0.5, 0.6) is 0 Å². The van der Waals surface area contributed by atoms with Crippen LogP contribution < -0.4 is 9.62 Å². The summed E-state index contributed by atoms with van der Waals surface area (Å²) < 4.78 is 39.3. The van der Waals surface area contributed by atoms with Crippen molar-refractivity contribution in [2.24, 2.45) is 5.92 Å². The molecule has 0 aliphatic carbocycles. The van der Waals surface area contributed by atoms with Crippen molar-refractivity contribution in [1.82, 2.24) is 10.2 Å². The lowest BCUT2D eigenvalue weighted by atomic mass is 10.1. The van der Waals surface area contributed by atoms with Gasteiger partial charge in [0.05, 0.1) is 22.0 Å². The van der Waals surface area contributed by atoms with Crippen LogP contribution in [-0.4, -0.2) is 50.5 Å². The van der Waals surface area contributed by atoms with Crippen LogP contribution in [0.25, 0.3) is 0 Å². The van der Waals surface area contributed by atoms with Crippen LogP contribution in [0.15, 0.2) is 42.5 Å². The van der Waals surface area contributed by atoms with Crippen molar-refractivity contribution in [3.05, 3.63) is 63.9 Å². The number of anilines is 1. The second-order valence-electron chi connectivity index (χ2n) is 8.33. The molecule has 0 radical (unpaired) electrons. The highest BCUT2D eigenvalue weighted by Gasteiger charge is 2.30. The molecule has 186 valence electrons. The Kier molecular flexibility index (Phi) is 9.73. The number of benzene rings is 2. The van der Waals surface area contributed by atoms with Crippen molar-refractivity contribution >= 4 is 50.7 Å². The number of carbonyl (C=O) groups is 2. The third-order valence-electron chi connectivity index (χ3n) is 4.99. The number of nitrogens with zero attached hydrogens (tertiary/aromatic N) is 2. The predicted molar refractivity (Wildman–Crippen MR) is 133 cm³/mol. The fourth-order valence-electron chi connectivity index (χ4n) is 3.08. The smallest absolute Gasteiger partial charge is 0.244 e. The molecule has 2 aromatic rings. The molecule has 0 saturated heterocycles. The lowest BCUT2D eigenvalue weighted by Crippen LogP contribution is -2.51. The monoisotopic (exact) mass is 531 g/mol. The molecule has 2 rings (SSSR count). The number of carbonyl (C=O) groups excluding carboxylic acids is 2. The minimum Gasteiger partial charge on any atom is -0.354 e. The molecule has 0 unspecified atom stereocenters. The summed E-state index contributed by atoms with van der Waals surface area (Å²) >= 11 is 12.0. The Balaban J connectivity index is 2.37. The van der Waals surface area contributed by atoms with Crippen LogP contribution in [-0.2, 0) is 26.2 Å². The molecule has 0 aliphatic heterocycles. The second-order valence-corrected chi connectivity index (χ2v) is 11.1. The molecular weight excluding hydrogens is 504 g/mol. The van der Waals surface area contributed by atoms with Gasteiger partial charge >= 0.3 is 0 Å². The van der Waals surface area contributed by atoms with Gasteiger partial charge in [-0.15, -0.1) is 0 Å². The molecule has 11 heteroatoms. The molecule has 2 aromatic carbocycles. The maximum atomic E-state index is 13.4. The predicted octanol–water partition coefficient (Wildman–Crippen LogP) is 4.09. The fraction of sp³-hybridized carbons (Fsp3) is 0.391. The number of sulfonamides is 1. The Bertz CT molecular complexity index is 1130. The van der Waals surface area contributed by atoms with Gasteiger partial charge in [0.25, 0.3) is 0 Å². The molecule has 0 heterocycles. The van der Waals surface area contributed by atoms with E-state index in [1.807, 2.05) is 13.8 Å². The Morgan fingerprint density at radius 1 is 1.03 bits per heavy atom. The summed E-state index contributed by atoms with van der Waals surface area (Å²) in [5.74, 6) is -1.24. The summed E-state index contributed by atoms with van der Waals surface area (Å²) in [7, 11) is -3.89. The van der Waals surface area contributed by atoms with Crippen LogP contribution >= 0.6 is 23.2 Å². The highest BCUT2D eigenvalue weighted by molar-refractivity contribution is 7.92. The quantitative estimate of drug-likeness (QED) is 0.500. The lowest BCUT2D eigenvalue weighted by molar-refractivity contribution is -0.139. The minimum atomic E-state index is -3.89. The largest absolute Gasteiger partial charge is 0.354 e. The molecule has 0 aliphatic rings. The van der Waals surface area contributed by atoms with Gasteiger partial charge in [-0.05, 0) is 48.7 Å². The van der Waals surface area contributed by atoms with Crippen LogP contribution in [0.1, 0.15) is 26.3 Å². The summed E-state index contributed by atoms with van der Waals surface area (Å²) in [4.78, 5) is 27.4. The van der Waals surface area contributed by atoms with Crippen molar-refractivity contribution in [2.75, 3.05) is 23.7 Å². The van der Waals surface area contributed by atoms with Crippen LogP contribution in [0.2, 0.25) is 10.0 Å². The first kappa shape index (κ1) is 27.9.